The van der Waals surface area contributed by atoms with Gasteiger partial charge in [-0.1, -0.05) is 12.2 Å². The van der Waals surface area contributed by atoms with Gasteiger partial charge in [0.2, 0.25) is 5.91 Å². The zero-order chi connectivity index (χ0) is 15.1. The van der Waals surface area contributed by atoms with Gasteiger partial charge in [-0.05, 0) is 12.1 Å². The molecule has 2 N–H and O–H groups in total. The number of nitrogens with one attached hydrogen (secondary N) is 1. The van der Waals surface area contributed by atoms with Gasteiger partial charge in [0, 0.05) is 6.07 Å². The minimum absolute atomic E-state index is 0.323. The molecule has 0 saturated carbocycles. The van der Waals surface area contributed by atoms with Crippen molar-refractivity contribution >= 4 is 17.6 Å². The average Bonchev–Trinajstić information content (AvgIpc) is 3.03. The Kier molecular flexibility index (Phi) is 3.21. The van der Waals surface area contributed by atoms with Crippen molar-refractivity contribution in [2.75, 3.05) is 5.32 Å². The van der Waals surface area contributed by atoms with Crippen molar-refractivity contribution in [2.45, 2.75) is 12.2 Å². The molecule has 3 rings (SSSR count). The number of carbonyl (C=O) groups excluding carboxylic acids is 1. The maximum atomic E-state index is 13.5. The molecule has 1 fully saturated rings. The van der Waals surface area contributed by atoms with Gasteiger partial charge in [-0.3, -0.25) is 9.59 Å². The molecule has 0 aromatic heterocycles. The summed E-state index contributed by atoms with van der Waals surface area (Å²) in [4.78, 5) is 23.5. The minimum Gasteiger partial charge on any atom is -0.481 e. The van der Waals surface area contributed by atoms with Crippen LogP contribution in [0.1, 0.15) is 0 Å². The maximum Gasteiger partial charge on any atom is 0.310 e. The van der Waals surface area contributed by atoms with Crippen molar-refractivity contribution in [3.05, 3.63) is 42.0 Å². The highest BCUT2D eigenvalue weighted by Gasteiger charge is 2.53. The molecular formula is C14H11F2NO4. The number of rotatable bonds is 3. The Labute approximate surface area is 118 Å². The van der Waals surface area contributed by atoms with Gasteiger partial charge in [0.25, 0.3) is 0 Å². The lowest BCUT2D eigenvalue weighted by atomic mass is 9.82. The van der Waals surface area contributed by atoms with Crippen LogP contribution in [0.15, 0.2) is 30.4 Å². The van der Waals surface area contributed by atoms with Crippen LogP contribution in [0.4, 0.5) is 14.5 Å². The van der Waals surface area contributed by atoms with Crippen LogP contribution in [0.5, 0.6) is 0 Å². The lowest BCUT2D eigenvalue weighted by Crippen LogP contribution is -2.39. The number of halogens is 2. The van der Waals surface area contributed by atoms with Gasteiger partial charge in [-0.25, -0.2) is 8.78 Å². The highest BCUT2D eigenvalue weighted by Crippen LogP contribution is 2.40. The Morgan fingerprint density at radius 1 is 1.14 bits per heavy atom. The van der Waals surface area contributed by atoms with E-state index < -0.39 is 47.6 Å². The number of benzene rings is 1. The molecule has 2 aliphatic heterocycles. The van der Waals surface area contributed by atoms with Crippen LogP contribution in [0, 0.1) is 23.5 Å². The first-order valence-corrected chi connectivity index (χ1v) is 6.30. The Morgan fingerprint density at radius 2 is 1.81 bits per heavy atom. The molecule has 0 aliphatic carbocycles. The van der Waals surface area contributed by atoms with Crippen LogP contribution in [-0.2, 0) is 14.3 Å². The normalized spacial score (nSPS) is 29.6. The van der Waals surface area contributed by atoms with E-state index in [1.54, 1.807) is 12.2 Å². The van der Waals surface area contributed by atoms with Crippen LogP contribution in [0.25, 0.3) is 0 Å². The summed E-state index contributed by atoms with van der Waals surface area (Å²) in [5.41, 5.74) is -0.323. The zero-order valence-electron chi connectivity index (χ0n) is 10.6. The molecule has 7 heteroatoms. The molecule has 1 aromatic carbocycles. The molecule has 110 valence electrons. The minimum atomic E-state index is -1.16. The summed E-state index contributed by atoms with van der Waals surface area (Å²) in [7, 11) is 0. The van der Waals surface area contributed by atoms with E-state index in [2.05, 4.69) is 5.32 Å². The SMILES string of the molecule is O=C(Nc1cc(F)ccc1F)[C@@H]1[C@H](C(=O)O)[C@@H]2C=C[C@H]1O2. The van der Waals surface area contributed by atoms with Crippen molar-refractivity contribution in [3.63, 3.8) is 0 Å². The van der Waals surface area contributed by atoms with Crippen molar-refractivity contribution in [1.82, 2.24) is 0 Å². The number of aliphatic carboxylic acids is 1. The van der Waals surface area contributed by atoms with E-state index in [1.807, 2.05) is 0 Å². The predicted octanol–water partition coefficient (Wildman–Crippen LogP) is 1.56. The molecule has 0 spiro atoms. The second-order valence-corrected chi connectivity index (χ2v) is 4.95. The van der Waals surface area contributed by atoms with Crippen LogP contribution in [0.3, 0.4) is 0 Å². The number of carboxylic acids is 1. The number of carboxylic acid groups (broad SMARTS) is 1. The quantitative estimate of drug-likeness (QED) is 0.830. The number of anilines is 1. The van der Waals surface area contributed by atoms with E-state index >= 15 is 0 Å². The summed E-state index contributed by atoms with van der Waals surface area (Å²) in [5, 5.41) is 11.4. The molecule has 0 radical (unpaired) electrons. The van der Waals surface area contributed by atoms with Gasteiger partial charge >= 0.3 is 5.97 Å². The molecule has 1 amide bonds. The third-order valence-corrected chi connectivity index (χ3v) is 3.67. The average molecular weight is 295 g/mol. The van der Waals surface area contributed by atoms with Gasteiger partial charge in [-0.2, -0.15) is 0 Å². The van der Waals surface area contributed by atoms with Crippen LogP contribution in [0.2, 0.25) is 0 Å². The summed E-state index contributed by atoms with van der Waals surface area (Å²) >= 11 is 0. The smallest absolute Gasteiger partial charge is 0.310 e. The van der Waals surface area contributed by atoms with E-state index in [9.17, 15) is 23.5 Å². The number of hydrogen-bond donors (Lipinski definition) is 2. The first-order valence-electron chi connectivity index (χ1n) is 6.30. The molecule has 1 aromatic rings. The summed E-state index contributed by atoms with van der Waals surface area (Å²) < 4.78 is 32.0. The second kappa shape index (κ2) is 4.92. The van der Waals surface area contributed by atoms with E-state index in [0.29, 0.717) is 0 Å². The summed E-state index contributed by atoms with van der Waals surface area (Å²) in [6, 6.07) is 2.65. The van der Waals surface area contributed by atoms with Crippen LogP contribution in [-0.4, -0.2) is 29.2 Å². The zero-order valence-corrected chi connectivity index (χ0v) is 10.6. The largest absolute Gasteiger partial charge is 0.481 e. The third kappa shape index (κ3) is 2.29. The van der Waals surface area contributed by atoms with Gasteiger partial charge in [-0.15, -0.1) is 0 Å². The molecule has 1 saturated heterocycles. The highest BCUT2D eigenvalue weighted by molar-refractivity contribution is 5.96. The fourth-order valence-corrected chi connectivity index (χ4v) is 2.72. The lowest BCUT2D eigenvalue weighted by molar-refractivity contribution is -0.145. The Bertz CT molecular complexity index is 646. The Morgan fingerprint density at radius 3 is 2.48 bits per heavy atom. The molecule has 2 heterocycles. The molecule has 2 bridgehead atoms. The van der Waals surface area contributed by atoms with Gasteiger partial charge < -0.3 is 15.2 Å². The number of amides is 1. The van der Waals surface area contributed by atoms with Crippen molar-refractivity contribution < 1.29 is 28.2 Å². The molecule has 21 heavy (non-hydrogen) atoms. The van der Waals surface area contributed by atoms with Crippen molar-refractivity contribution in [1.29, 1.82) is 0 Å². The summed E-state index contributed by atoms with van der Waals surface area (Å²) in [5.74, 6) is -5.37. The van der Waals surface area contributed by atoms with Gasteiger partial charge in [0.15, 0.2) is 0 Å². The topological polar surface area (TPSA) is 75.6 Å². The predicted molar refractivity (Wildman–Crippen MR) is 67.4 cm³/mol. The number of fused-ring (bicyclic) bond motifs is 2. The first kappa shape index (κ1) is 13.7. The highest BCUT2D eigenvalue weighted by atomic mass is 19.1. The fourth-order valence-electron chi connectivity index (χ4n) is 2.72. The Balaban J connectivity index is 1.83. The molecule has 5 nitrogen and oxygen atoms in total. The molecule has 4 atom stereocenters. The number of hydrogen-bond acceptors (Lipinski definition) is 3. The lowest BCUT2D eigenvalue weighted by Gasteiger charge is -2.21. The first-order chi connectivity index (χ1) is 9.97. The van der Waals surface area contributed by atoms with Crippen molar-refractivity contribution in [3.8, 4) is 0 Å². The van der Waals surface area contributed by atoms with E-state index in [4.69, 9.17) is 4.74 Å². The summed E-state index contributed by atoms with van der Waals surface area (Å²) in [6.07, 6.45) is 1.88. The van der Waals surface area contributed by atoms with E-state index in [1.165, 1.54) is 0 Å². The fraction of sp³-hybridized carbons (Fsp3) is 0.286. The Hall–Kier alpha value is -2.28. The van der Waals surface area contributed by atoms with Crippen LogP contribution >= 0.6 is 0 Å². The molecule has 2 aliphatic rings. The van der Waals surface area contributed by atoms with E-state index in [-0.39, 0.29) is 5.69 Å². The summed E-state index contributed by atoms with van der Waals surface area (Å²) in [6.45, 7) is 0. The standard InChI is InChI=1S/C14H11F2NO4/c15-6-1-2-7(16)8(5-6)17-13(18)11-9-3-4-10(21-9)12(11)14(19)20/h1-5,9-12H,(H,17,18)(H,19,20)/t9-,10+,11+,12-/m1/s1. The number of ether oxygens (including phenoxy) is 1. The number of carbonyl (C=O) groups is 2. The molecular weight excluding hydrogens is 284 g/mol. The monoisotopic (exact) mass is 295 g/mol. The van der Waals surface area contributed by atoms with Gasteiger partial charge in [0.05, 0.1) is 23.8 Å². The molecule has 0 unspecified atom stereocenters. The van der Waals surface area contributed by atoms with Crippen molar-refractivity contribution in [2.24, 2.45) is 11.8 Å². The van der Waals surface area contributed by atoms with Gasteiger partial charge in [0.1, 0.15) is 17.6 Å². The van der Waals surface area contributed by atoms with E-state index in [0.717, 1.165) is 18.2 Å². The van der Waals surface area contributed by atoms with Crippen LogP contribution < -0.4 is 5.32 Å². The maximum absolute atomic E-state index is 13.5. The second-order valence-electron chi connectivity index (χ2n) is 4.95. The third-order valence-electron chi connectivity index (χ3n) is 3.67.